The number of aromatic nitrogens is 4. The van der Waals surface area contributed by atoms with Crippen LogP contribution < -0.4 is 11.2 Å². The summed E-state index contributed by atoms with van der Waals surface area (Å²) in [6.07, 6.45) is 4.68. The third-order valence-corrected chi connectivity index (χ3v) is 3.42. The van der Waals surface area contributed by atoms with Gasteiger partial charge in [0.25, 0.3) is 5.56 Å². The van der Waals surface area contributed by atoms with Crippen molar-refractivity contribution in [2.45, 2.75) is 6.54 Å². The number of hydrogen-bond acceptors (Lipinski definition) is 5. The van der Waals surface area contributed by atoms with Crippen molar-refractivity contribution in [3.05, 3.63) is 75.3 Å². The molecule has 2 heterocycles. The Labute approximate surface area is 131 Å². The average Bonchev–Trinajstić information content (AvgIpc) is 2.56. The van der Waals surface area contributed by atoms with E-state index in [0.29, 0.717) is 11.4 Å². The molecule has 0 fully saturated rings. The van der Waals surface area contributed by atoms with Crippen molar-refractivity contribution in [2.24, 2.45) is 7.05 Å². The molecule has 0 aliphatic carbocycles. The van der Waals surface area contributed by atoms with Gasteiger partial charge in [-0.05, 0) is 12.1 Å². The largest absolute Gasteiger partial charge is 0.508 e. The molecule has 0 spiro atoms. The molecule has 0 radical (unpaired) electrons. The molecule has 116 valence electrons. The van der Waals surface area contributed by atoms with Crippen molar-refractivity contribution in [3.8, 4) is 17.1 Å². The average molecular weight is 310 g/mol. The Morgan fingerprint density at radius 1 is 1.13 bits per heavy atom. The van der Waals surface area contributed by atoms with Crippen molar-refractivity contribution in [1.29, 1.82) is 0 Å². The maximum atomic E-state index is 12.0. The maximum Gasteiger partial charge on any atom is 0.331 e. The van der Waals surface area contributed by atoms with E-state index in [1.165, 1.54) is 23.9 Å². The smallest absolute Gasteiger partial charge is 0.331 e. The van der Waals surface area contributed by atoms with Crippen LogP contribution in [0, 0.1) is 0 Å². The lowest BCUT2D eigenvalue weighted by molar-refractivity contribution is 0.475. The fraction of sp³-hybridized carbons (Fsp3) is 0.125. The lowest BCUT2D eigenvalue weighted by Gasteiger charge is -2.07. The zero-order valence-electron chi connectivity index (χ0n) is 12.4. The lowest BCUT2D eigenvalue weighted by Crippen LogP contribution is -2.37. The summed E-state index contributed by atoms with van der Waals surface area (Å²) < 4.78 is 2.45. The molecule has 3 rings (SSSR count). The zero-order valence-corrected chi connectivity index (χ0v) is 12.4. The molecule has 0 aliphatic heterocycles. The summed E-state index contributed by atoms with van der Waals surface area (Å²) in [4.78, 5) is 31.9. The molecule has 0 unspecified atom stereocenters. The van der Waals surface area contributed by atoms with Crippen LogP contribution in [0.4, 0.5) is 0 Å². The number of phenols is 1. The molecule has 1 N–H and O–H groups in total. The summed E-state index contributed by atoms with van der Waals surface area (Å²) in [5.41, 5.74) is 0.696. The van der Waals surface area contributed by atoms with Gasteiger partial charge in [-0.25, -0.2) is 14.8 Å². The standard InChI is InChI=1S/C16H14N4O3/c1-19-14(22)5-6-20(16(19)23)10-11-8-17-15(18-9-11)12-3-2-4-13(21)7-12/h2-9,21H,10H2,1H3. The summed E-state index contributed by atoms with van der Waals surface area (Å²) in [5, 5.41) is 9.48. The number of hydrogen-bond donors (Lipinski definition) is 1. The Hall–Kier alpha value is -3.22. The van der Waals surface area contributed by atoms with E-state index < -0.39 is 5.69 Å². The number of benzene rings is 1. The minimum Gasteiger partial charge on any atom is -0.508 e. The second-order valence-electron chi connectivity index (χ2n) is 5.09. The van der Waals surface area contributed by atoms with Crippen LogP contribution in [0.3, 0.4) is 0 Å². The van der Waals surface area contributed by atoms with Gasteiger partial charge in [0, 0.05) is 42.8 Å². The Morgan fingerprint density at radius 2 is 1.87 bits per heavy atom. The first-order chi connectivity index (χ1) is 11.0. The van der Waals surface area contributed by atoms with Gasteiger partial charge in [0.1, 0.15) is 5.75 Å². The zero-order chi connectivity index (χ0) is 16.4. The van der Waals surface area contributed by atoms with Crippen LogP contribution in [0.2, 0.25) is 0 Å². The van der Waals surface area contributed by atoms with Gasteiger partial charge in [0.05, 0.1) is 6.54 Å². The van der Waals surface area contributed by atoms with Gasteiger partial charge in [-0.1, -0.05) is 12.1 Å². The van der Waals surface area contributed by atoms with Gasteiger partial charge in [0.15, 0.2) is 5.82 Å². The van der Waals surface area contributed by atoms with E-state index in [2.05, 4.69) is 9.97 Å². The van der Waals surface area contributed by atoms with Crippen molar-refractivity contribution in [1.82, 2.24) is 19.1 Å². The number of phenolic OH excluding ortho intramolecular Hbond substituents is 1. The van der Waals surface area contributed by atoms with Gasteiger partial charge in [-0.15, -0.1) is 0 Å². The van der Waals surface area contributed by atoms with Crippen molar-refractivity contribution < 1.29 is 5.11 Å². The Morgan fingerprint density at radius 3 is 2.57 bits per heavy atom. The van der Waals surface area contributed by atoms with Gasteiger partial charge >= 0.3 is 5.69 Å². The minimum atomic E-state index is -0.394. The van der Waals surface area contributed by atoms with E-state index >= 15 is 0 Å². The summed E-state index contributed by atoms with van der Waals surface area (Å²) in [6, 6.07) is 8.00. The van der Waals surface area contributed by atoms with Gasteiger partial charge in [0.2, 0.25) is 0 Å². The molecule has 0 bridgehead atoms. The summed E-state index contributed by atoms with van der Waals surface area (Å²) in [7, 11) is 1.43. The lowest BCUT2D eigenvalue weighted by atomic mass is 10.2. The normalized spacial score (nSPS) is 10.7. The van der Waals surface area contributed by atoms with Crippen LogP contribution in [0.25, 0.3) is 11.4 Å². The van der Waals surface area contributed by atoms with Crippen molar-refractivity contribution in [2.75, 3.05) is 0 Å². The molecule has 7 heteroatoms. The van der Waals surface area contributed by atoms with Gasteiger partial charge < -0.3 is 5.11 Å². The first kappa shape index (κ1) is 14.7. The van der Waals surface area contributed by atoms with E-state index in [1.807, 2.05) is 0 Å². The van der Waals surface area contributed by atoms with E-state index in [1.54, 1.807) is 36.7 Å². The second-order valence-corrected chi connectivity index (χ2v) is 5.09. The third kappa shape index (κ3) is 3.03. The predicted octanol–water partition coefficient (Wildman–Crippen LogP) is 0.758. The van der Waals surface area contributed by atoms with Crippen LogP contribution in [-0.2, 0) is 13.6 Å². The predicted molar refractivity (Wildman–Crippen MR) is 84.2 cm³/mol. The van der Waals surface area contributed by atoms with Crippen LogP contribution in [0.1, 0.15) is 5.56 Å². The maximum absolute atomic E-state index is 12.0. The van der Waals surface area contributed by atoms with E-state index in [-0.39, 0.29) is 17.9 Å². The minimum absolute atomic E-state index is 0.145. The Bertz CT molecular complexity index is 958. The SMILES string of the molecule is Cn1c(=O)ccn(Cc2cnc(-c3cccc(O)c3)nc2)c1=O. The fourth-order valence-electron chi connectivity index (χ4n) is 2.16. The first-order valence-electron chi connectivity index (χ1n) is 6.91. The van der Waals surface area contributed by atoms with E-state index in [0.717, 1.165) is 10.1 Å². The van der Waals surface area contributed by atoms with Gasteiger partial charge in [-0.2, -0.15) is 0 Å². The summed E-state index contributed by atoms with van der Waals surface area (Å²) >= 11 is 0. The molecule has 0 saturated carbocycles. The quantitative estimate of drug-likeness (QED) is 0.771. The molecule has 23 heavy (non-hydrogen) atoms. The van der Waals surface area contributed by atoms with Crippen LogP contribution in [0.15, 0.2) is 58.5 Å². The molecule has 0 amide bonds. The molecule has 7 nitrogen and oxygen atoms in total. The topological polar surface area (TPSA) is 90.0 Å². The van der Waals surface area contributed by atoms with E-state index in [4.69, 9.17) is 0 Å². The molecule has 3 aromatic rings. The molecule has 1 aromatic carbocycles. The molecular weight excluding hydrogens is 296 g/mol. The second kappa shape index (κ2) is 5.88. The third-order valence-electron chi connectivity index (χ3n) is 3.42. The Balaban J connectivity index is 1.87. The van der Waals surface area contributed by atoms with Crippen molar-refractivity contribution in [3.63, 3.8) is 0 Å². The van der Waals surface area contributed by atoms with Crippen LogP contribution in [0.5, 0.6) is 5.75 Å². The fourth-order valence-corrected chi connectivity index (χ4v) is 2.16. The summed E-state index contributed by atoms with van der Waals surface area (Å²) in [5.74, 6) is 0.629. The highest BCUT2D eigenvalue weighted by molar-refractivity contribution is 5.56. The first-order valence-corrected chi connectivity index (χ1v) is 6.91. The molecule has 0 aliphatic rings. The van der Waals surface area contributed by atoms with Crippen LogP contribution in [-0.4, -0.2) is 24.2 Å². The molecule has 0 atom stereocenters. The van der Waals surface area contributed by atoms with Crippen molar-refractivity contribution >= 4 is 0 Å². The highest BCUT2D eigenvalue weighted by Gasteiger charge is 2.05. The van der Waals surface area contributed by atoms with Crippen LogP contribution >= 0.6 is 0 Å². The van der Waals surface area contributed by atoms with E-state index in [9.17, 15) is 14.7 Å². The number of rotatable bonds is 3. The number of nitrogens with zero attached hydrogens (tertiary/aromatic N) is 4. The molecular formula is C16H14N4O3. The van der Waals surface area contributed by atoms with Gasteiger partial charge in [-0.3, -0.25) is 13.9 Å². The highest BCUT2D eigenvalue weighted by Crippen LogP contribution is 2.19. The monoisotopic (exact) mass is 310 g/mol. The molecule has 0 saturated heterocycles. The Kier molecular flexibility index (Phi) is 3.76. The molecule has 2 aromatic heterocycles. The number of aromatic hydroxyl groups is 1. The summed E-state index contributed by atoms with van der Waals surface area (Å²) in [6.45, 7) is 0.271. The highest BCUT2D eigenvalue weighted by atomic mass is 16.3.